The molecule has 0 unspecified atom stereocenters. The molecule has 4 heteroatoms. The molecule has 2 rings (SSSR count). The molecule has 0 aliphatic rings. The molecule has 0 fully saturated rings. The molecule has 2 aromatic rings. The molecular weight excluding hydrogens is 230 g/mol. The summed E-state index contributed by atoms with van der Waals surface area (Å²) in [4.78, 5) is 22.8. The molecule has 0 amide bonds. The van der Waals surface area contributed by atoms with E-state index in [0.29, 0.717) is 11.1 Å². The van der Waals surface area contributed by atoms with E-state index in [9.17, 15) is 9.59 Å². The molecule has 1 aromatic heterocycles. The van der Waals surface area contributed by atoms with Crippen LogP contribution in [0.25, 0.3) is 10.9 Å². The first kappa shape index (κ1) is 12.4. The van der Waals surface area contributed by atoms with Gasteiger partial charge in [-0.25, -0.2) is 0 Å². The van der Waals surface area contributed by atoms with E-state index in [1.807, 2.05) is 36.6 Å². The van der Waals surface area contributed by atoms with E-state index in [1.165, 1.54) is 6.07 Å². The van der Waals surface area contributed by atoms with Crippen molar-refractivity contribution in [1.29, 1.82) is 0 Å². The molecule has 94 valence electrons. The van der Waals surface area contributed by atoms with E-state index in [1.54, 1.807) is 6.07 Å². The van der Waals surface area contributed by atoms with Gasteiger partial charge in [0.25, 0.3) is 0 Å². The van der Waals surface area contributed by atoms with Crippen LogP contribution in [0.3, 0.4) is 0 Å². The lowest BCUT2D eigenvalue weighted by Gasteiger charge is -2.19. The van der Waals surface area contributed by atoms with Gasteiger partial charge in [0.15, 0.2) is 5.43 Å². The van der Waals surface area contributed by atoms with Crippen molar-refractivity contribution in [2.24, 2.45) is 0 Å². The van der Waals surface area contributed by atoms with Gasteiger partial charge in [0.2, 0.25) is 0 Å². The molecule has 0 aliphatic carbocycles. The Morgan fingerprint density at radius 3 is 2.61 bits per heavy atom. The average Bonchev–Trinajstić information content (AvgIpc) is 2.27. The van der Waals surface area contributed by atoms with E-state index in [0.717, 1.165) is 5.52 Å². The van der Waals surface area contributed by atoms with Gasteiger partial charge in [0.1, 0.15) is 0 Å². The number of hydrogen-bond donors (Lipinski definition) is 1. The summed E-state index contributed by atoms with van der Waals surface area (Å²) in [5.41, 5.74) is 1.20. The summed E-state index contributed by atoms with van der Waals surface area (Å²) in [5.74, 6) is -0.931. The first-order valence-electron chi connectivity index (χ1n) is 5.85. The lowest BCUT2D eigenvalue weighted by molar-refractivity contribution is -0.136. The van der Waals surface area contributed by atoms with Crippen LogP contribution in [0.5, 0.6) is 0 Å². The van der Waals surface area contributed by atoms with Crippen LogP contribution in [0.2, 0.25) is 0 Å². The van der Waals surface area contributed by atoms with E-state index >= 15 is 0 Å². The summed E-state index contributed by atoms with van der Waals surface area (Å²) in [6, 6.07) is 8.81. The maximum atomic E-state index is 11.9. The maximum Gasteiger partial charge on any atom is 0.309 e. The molecule has 1 aromatic carbocycles. The Balaban J connectivity index is 2.82. The number of fused-ring (bicyclic) bond motifs is 1. The molecule has 4 nitrogen and oxygen atoms in total. The van der Waals surface area contributed by atoms with Gasteiger partial charge in [-0.1, -0.05) is 12.1 Å². The van der Waals surface area contributed by atoms with E-state index in [-0.39, 0.29) is 17.9 Å². The summed E-state index contributed by atoms with van der Waals surface area (Å²) in [6.07, 6.45) is -0.141. The Morgan fingerprint density at radius 1 is 1.33 bits per heavy atom. The van der Waals surface area contributed by atoms with Crippen LogP contribution in [0, 0.1) is 0 Å². The SMILES string of the molecule is CC(C)n1c(CC(=O)O)cc(=O)c2ccccc21. The van der Waals surface area contributed by atoms with Crippen molar-refractivity contribution in [1.82, 2.24) is 4.57 Å². The number of carboxylic acid groups (broad SMARTS) is 1. The fraction of sp³-hybridized carbons (Fsp3) is 0.286. The van der Waals surface area contributed by atoms with Crippen molar-refractivity contribution in [3.63, 3.8) is 0 Å². The van der Waals surface area contributed by atoms with E-state index in [4.69, 9.17) is 5.11 Å². The van der Waals surface area contributed by atoms with Crippen LogP contribution in [-0.4, -0.2) is 15.6 Å². The van der Waals surface area contributed by atoms with Crippen LogP contribution in [0.15, 0.2) is 35.1 Å². The fourth-order valence-electron chi connectivity index (χ4n) is 2.25. The van der Waals surface area contributed by atoms with Crippen molar-refractivity contribution in [3.05, 3.63) is 46.2 Å². The number of nitrogens with zero attached hydrogens (tertiary/aromatic N) is 1. The van der Waals surface area contributed by atoms with E-state index in [2.05, 4.69) is 0 Å². The normalized spacial score (nSPS) is 11.1. The van der Waals surface area contributed by atoms with Crippen molar-refractivity contribution < 1.29 is 9.90 Å². The molecule has 1 heterocycles. The third-order valence-corrected chi connectivity index (χ3v) is 2.88. The Morgan fingerprint density at radius 2 is 2.00 bits per heavy atom. The second-order valence-electron chi connectivity index (χ2n) is 4.55. The van der Waals surface area contributed by atoms with Gasteiger partial charge in [-0.05, 0) is 26.0 Å². The minimum absolute atomic E-state index is 0.102. The quantitative estimate of drug-likeness (QED) is 0.901. The monoisotopic (exact) mass is 245 g/mol. The maximum absolute atomic E-state index is 11.9. The molecular formula is C14H15NO3. The lowest BCUT2D eigenvalue weighted by atomic mass is 10.1. The zero-order chi connectivity index (χ0) is 13.3. The highest BCUT2D eigenvalue weighted by Crippen LogP contribution is 2.18. The largest absolute Gasteiger partial charge is 0.481 e. The highest BCUT2D eigenvalue weighted by atomic mass is 16.4. The second kappa shape index (κ2) is 4.64. The molecule has 0 saturated carbocycles. The number of pyridine rings is 1. The number of carbonyl (C=O) groups is 1. The number of hydrogen-bond acceptors (Lipinski definition) is 2. The van der Waals surface area contributed by atoms with Gasteiger partial charge in [0, 0.05) is 23.2 Å². The van der Waals surface area contributed by atoms with Gasteiger partial charge in [-0.3, -0.25) is 9.59 Å². The third-order valence-electron chi connectivity index (χ3n) is 2.88. The minimum atomic E-state index is -0.931. The third kappa shape index (κ3) is 2.14. The number of aliphatic carboxylic acids is 1. The molecule has 18 heavy (non-hydrogen) atoms. The summed E-state index contributed by atoms with van der Waals surface area (Å²) in [7, 11) is 0. The smallest absolute Gasteiger partial charge is 0.309 e. The first-order valence-corrected chi connectivity index (χ1v) is 5.85. The summed E-state index contributed by atoms with van der Waals surface area (Å²) >= 11 is 0. The summed E-state index contributed by atoms with van der Waals surface area (Å²) in [5, 5.41) is 9.55. The predicted octanol–water partition coefficient (Wildman–Crippen LogP) is 2.21. The zero-order valence-corrected chi connectivity index (χ0v) is 10.4. The van der Waals surface area contributed by atoms with Crippen molar-refractivity contribution in [3.8, 4) is 0 Å². The zero-order valence-electron chi connectivity index (χ0n) is 10.4. The Labute approximate surface area is 104 Å². The first-order chi connectivity index (χ1) is 8.50. The van der Waals surface area contributed by atoms with Crippen molar-refractivity contribution >= 4 is 16.9 Å². The van der Waals surface area contributed by atoms with Gasteiger partial charge in [0.05, 0.1) is 11.9 Å². The molecule has 0 radical (unpaired) electrons. The van der Waals surface area contributed by atoms with Gasteiger partial charge < -0.3 is 9.67 Å². The number of rotatable bonds is 3. The number of carboxylic acids is 1. The standard InChI is InChI=1S/C14H15NO3/c1-9(2)15-10(8-14(17)18)7-13(16)11-5-3-4-6-12(11)15/h3-7,9H,8H2,1-2H3,(H,17,18). The van der Waals surface area contributed by atoms with Crippen LogP contribution < -0.4 is 5.43 Å². The van der Waals surface area contributed by atoms with Crippen LogP contribution in [-0.2, 0) is 11.2 Å². The Hall–Kier alpha value is -2.10. The van der Waals surface area contributed by atoms with Crippen LogP contribution in [0.1, 0.15) is 25.6 Å². The Kier molecular flexibility index (Phi) is 3.19. The van der Waals surface area contributed by atoms with Gasteiger partial charge in [-0.2, -0.15) is 0 Å². The van der Waals surface area contributed by atoms with Gasteiger partial charge in [-0.15, -0.1) is 0 Å². The molecule has 0 saturated heterocycles. The van der Waals surface area contributed by atoms with E-state index < -0.39 is 5.97 Å². The fourth-order valence-corrected chi connectivity index (χ4v) is 2.25. The number of aromatic nitrogens is 1. The molecule has 0 bridgehead atoms. The minimum Gasteiger partial charge on any atom is -0.481 e. The van der Waals surface area contributed by atoms with Gasteiger partial charge >= 0.3 is 5.97 Å². The second-order valence-corrected chi connectivity index (χ2v) is 4.55. The molecule has 0 aliphatic heterocycles. The van der Waals surface area contributed by atoms with Crippen molar-refractivity contribution in [2.45, 2.75) is 26.3 Å². The lowest BCUT2D eigenvalue weighted by Crippen LogP contribution is -2.18. The highest BCUT2D eigenvalue weighted by Gasteiger charge is 2.13. The molecule has 0 atom stereocenters. The van der Waals surface area contributed by atoms with Crippen LogP contribution in [0.4, 0.5) is 0 Å². The molecule has 0 spiro atoms. The van der Waals surface area contributed by atoms with Crippen LogP contribution >= 0.6 is 0 Å². The predicted molar refractivity (Wildman–Crippen MR) is 69.9 cm³/mol. The van der Waals surface area contributed by atoms with Crippen molar-refractivity contribution in [2.75, 3.05) is 0 Å². The molecule has 1 N–H and O–H groups in total. The number of benzene rings is 1. The Bertz CT molecular complexity index is 656. The highest BCUT2D eigenvalue weighted by molar-refractivity contribution is 5.80. The summed E-state index contributed by atoms with van der Waals surface area (Å²) < 4.78 is 1.91. The number of para-hydroxylation sites is 1. The summed E-state index contributed by atoms with van der Waals surface area (Å²) in [6.45, 7) is 3.95. The average molecular weight is 245 g/mol. The topological polar surface area (TPSA) is 59.3 Å².